The molecule has 2 aliphatic rings. The van der Waals surface area contributed by atoms with E-state index in [9.17, 15) is 14.4 Å². The Morgan fingerprint density at radius 2 is 1.62 bits per heavy atom. The molecule has 0 saturated carbocycles. The van der Waals surface area contributed by atoms with Gasteiger partial charge in [-0.25, -0.2) is 4.79 Å². The third-order valence-corrected chi connectivity index (χ3v) is 4.34. The lowest BCUT2D eigenvalue weighted by atomic mass is 10.3. The molecule has 2 aliphatic heterocycles. The van der Waals surface area contributed by atoms with Gasteiger partial charge in [0, 0.05) is 39.1 Å². The second-order valence-corrected chi connectivity index (χ2v) is 5.97. The molecular formula is C17H21N3O4. The van der Waals surface area contributed by atoms with Gasteiger partial charge in [0.1, 0.15) is 5.75 Å². The van der Waals surface area contributed by atoms with Crippen LogP contribution in [0.4, 0.5) is 4.79 Å². The zero-order valence-corrected chi connectivity index (χ0v) is 13.5. The highest BCUT2D eigenvalue weighted by molar-refractivity contribution is 5.86. The molecule has 1 aromatic rings. The SMILES string of the molecule is O=C(CN1CCCC1=O)N1CCN(C(=O)Oc2ccccc2)CC1. The highest BCUT2D eigenvalue weighted by Crippen LogP contribution is 2.13. The van der Waals surface area contributed by atoms with Crippen molar-refractivity contribution >= 4 is 17.9 Å². The van der Waals surface area contributed by atoms with Gasteiger partial charge in [-0.15, -0.1) is 0 Å². The number of nitrogens with zero attached hydrogens (tertiary/aromatic N) is 3. The zero-order chi connectivity index (χ0) is 16.9. The van der Waals surface area contributed by atoms with E-state index >= 15 is 0 Å². The number of ether oxygens (including phenoxy) is 1. The quantitative estimate of drug-likeness (QED) is 0.827. The van der Waals surface area contributed by atoms with E-state index in [2.05, 4.69) is 0 Å². The normalized spacial score (nSPS) is 18.0. The smallest absolute Gasteiger partial charge is 0.410 e. The lowest BCUT2D eigenvalue weighted by molar-refractivity contribution is -0.139. The maximum Gasteiger partial charge on any atom is 0.415 e. The van der Waals surface area contributed by atoms with E-state index in [1.54, 1.807) is 39.0 Å². The highest BCUT2D eigenvalue weighted by atomic mass is 16.6. The van der Waals surface area contributed by atoms with Crippen LogP contribution in [0.25, 0.3) is 0 Å². The first-order valence-electron chi connectivity index (χ1n) is 8.21. The Morgan fingerprint density at radius 3 is 2.25 bits per heavy atom. The lowest BCUT2D eigenvalue weighted by Gasteiger charge is -2.34. The Hall–Kier alpha value is -2.57. The summed E-state index contributed by atoms with van der Waals surface area (Å²) in [5.41, 5.74) is 0. The fraction of sp³-hybridized carbons (Fsp3) is 0.471. The van der Waals surface area contributed by atoms with Crippen molar-refractivity contribution in [2.45, 2.75) is 12.8 Å². The maximum absolute atomic E-state index is 12.3. The number of likely N-dealkylation sites (tertiary alicyclic amines) is 1. The van der Waals surface area contributed by atoms with E-state index < -0.39 is 6.09 Å². The molecule has 128 valence electrons. The summed E-state index contributed by atoms with van der Waals surface area (Å²) in [6.07, 6.45) is 0.959. The van der Waals surface area contributed by atoms with E-state index in [0.29, 0.717) is 44.9 Å². The topological polar surface area (TPSA) is 70.2 Å². The average molecular weight is 331 g/mol. The minimum absolute atomic E-state index is 0.0495. The summed E-state index contributed by atoms with van der Waals surface area (Å²) in [5.74, 6) is 0.503. The molecular weight excluding hydrogens is 310 g/mol. The first-order valence-corrected chi connectivity index (χ1v) is 8.21. The summed E-state index contributed by atoms with van der Waals surface area (Å²) in [7, 11) is 0. The van der Waals surface area contributed by atoms with Crippen LogP contribution in [0.5, 0.6) is 5.75 Å². The van der Waals surface area contributed by atoms with E-state index in [0.717, 1.165) is 6.42 Å². The summed E-state index contributed by atoms with van der Waals surface area (Å²) >= 11 is 0. The first kappa shape index (κ1) is 16.3. The molecule has 0 atom stereocenters. The largest absolute Gasteiger partial charge is 0.415 e. The third-order valence-electron chi connectivity index (χ3n) is 4.34. The Morgan fingerprint density at radius 1 is 0.958 bits per heavy atom. The Labute approximate surface area is 140 Å². The van der Waals surface area contributed by atoms with Gasteiger partial charge < -0.3 is 19.4 Å². The van der Waals surface area contributed by atoms with Crippen LogP contribution in [-0.4, -0.2) is 71.9 Å². The molecule has 0 aromatic heterocycles. The van der Waals surface area contributed by atoms with Crippen molar-refractivity contribution in [3.05, 3.63) is 30.3 Å². The van der Waals surface area contributed by atoms with Crippen molar-refractivity contribution in [3.8, 4) is 5.75 Å². The van der Waals surface area contributed by atoms with Crippen molar-refractivity contribution < 1.29 is 19.1 Å². The number of hydrogen-bond acceptors (Lipinski definition) is 4. The monoisotopic (exact) mass is 331 g/mol. The van der Waals surface area contributed by atoms with Crippen molar-refractivity contribution in [1.29, 1.82) is 0 Å². The molecule has 0 spiro atoms. The van der Waals surface area contributed by atoms with E-state index in [-0.39, 0.29) is 18.4 Å². The first-order chi connectivity index (χ1) is 11.6. The third kappa shape index (κ3) is 3.84. The van der Waals surface area contributed by atoms with Gasteiger partial charge >= 0.3 is 6.09 Å². The molecule has 7 heteroatoms. The predicted octanol–water partition coefficient (Wildman–Crippen LogP) is 0.952. The van der Waals surface area contributed by atoms with Crippen LogP contribution < -0.4 is 4.74 Å². The summed E-state index contributed by atoms with van der Waals surface area (Å²) in [5, 5.41) is 0. The van der Waals surface area contributed by atoms with Gasteiger partial charge in [-0.3, -0.25) is 9.59 Å². The minimum atomic E-state index is -0.400. The zero-order valence-electron chi connectivity index (χ0n) is 13.5. The summed E-state index contributed by atoms with van der Waals surface area (Å²) < 4.78 is 5.30. The molecule has 0 bridgehead atoms. The van der Waals surface area contributed by atoms with Gasteiger partial charge in [0.15, 0.2) is 0 Å². The van der Waals surface area contributed by atoms with Crippen LogP contribution in [0, 0.1) is 0 Å². The van der Waals surface area contributed by atoms with Gasteiger partial charge in [-0.2, -0.15) is 0 Å². The maximum atomic E-state index is 12.3. The predicted molar refractivity (Wildman–Crippen MR) is 86.4 cm³/mol. The number of rotatable bonds is 3. The molecule has 3 rings (SSSR count). The van der Waals surface area contributed by atoms with E-state index in [1.165, 1.54) is 0 Å². The minimum Gasteiger partial charge on any atom is -0.410 e. The summed E-state index contributed by atoms with van der Waals surface area (Å²) in [6.45, 7) is 2.60. The molecule has 2 saturated heterocycles. The van der Waals surface area contributed by atoms with Crippen molar-refractivity contribution in [2.75, 3.05) is 39.3 Å². The number of amides is 3. The van der Waals surface area contributed by atoms with Crippen molar-refractivity contribution in [1.82, 2.24) is 14.7 Å². The average Bonchev–Trinajstić information content (AvgIpc) is 3.00. The molecule has 3 amide bonds. The summed E-state index contributed by atoms with van der Waals surface area (Å²) in [6, 6.07) is 8.92. The molecule has 0 aliphatic carbocycles. The van der Waals surface area contributed by atoms with Crippen LogP contribution >= 0.6 is 0 Å². The number of piperazine rings is 1. The van der Waals surface area contributed by atoms with E-state index in [1.807, 2.05) is 6.07 Å². The number of benzene rings is 1. The second-order valence-electron chi connectivity index (χ2n) is 5.97. The van der Waals surface area contributed by atoms with Crippen LogP contribution in [-0.2, 0) is 9.59 Å². The Bertz CT molecular complexity index is 612. The van der Waals surface area contributed by atoms with Crippen LogP contribution in [0.3, 0.4) is 0 Å². The molecule has 0 unspecified atom stereocenters. The van der Waals surface area contributed by atoms with Crippen LogP contribution in [0.2, 0.25) is 0 Å². The standard InChI is InChI=1S/C17H21N3O4/c21-15-7-4-8-20(15)13-16(22)18-9-11-19(12-10-18)17(23)24-14-5-2-1-3-6-14/h1-3,5-6H,4,7-13H2. The number of hydrogen-bond donors (Lipinski definition) is 0. The van der Waals surface area contributed by atoms with Gasteiger partial charge in [-0.1, -0.05) is 18.2 Å². The molecule has 0 N–H and O–H groups in total. The fourth-order valence-electron chi connectivity index (χ4n) is 2.93. The van der Waals surface area contributed by atoms with Crippen molar-refractivity contribution in [2.24, 2.45) is 0 Å². The molecule has 24 heavy (non-hydrogen) atoms. The van der Waals surface area contributed by atoms with Crippen molar-refractivity contribution in [3.63, 3.8) is 0 Å². The Kier molecular flexibility index (Phi) is 4.98. The molecule has 2 heterocycles. The molecule has 7 nitrogen and oxygen atoms in total. The fourth-order valence-corrected chi connectivity index (χ4v) is 2.93. The Balaban J connectivity index is 1.46. The second kappa shape index (κ2) is 7.33. The number of carbonyl (C=O) groups is 3. The molecule has 1 aromatic carbocycles. The summed E-state index contributed by atoms with van der Waals surface area (Å²) in [4.78, 5) is 40.9. The van der Waals surface area contributed by atoms with Gasteiger partial charge in [0.25, 0.3) is 0 Å². The van der Waals surface area contributed by atoms with Gasteiger partial charge in [0.05, 0.1) is 6.54 Å². The number of para-hydroxylation sites is 1. The molecule has 0 radical (unpaired) electrons. The number of carbonyl (C=O) groups excluding carboxylic acids is 3. The van der Waals surface area contributed by atoms with Crippen LogP contribution in [0.1, 0.15) is 12.8 Å². The van der Waals surface area contributed by atoms with Gasteiger partial charge in [0.2, 0.25) is 11.8 Å². The van der Waals surface area contributed by atoms with Crippen LogP contribution in [0.15, 0.2) is 30.3 Å². The highest BCUT2D eigenvalue weighted by Gasteiger charge is 2.28. The van der Waals surface area contributed by atoms with E-state index in [4.69, 9.17) is 4.74 Å². The lowest BCUT2D eigenvalue weighted by Crippen LogP contribution is -2.53. The van der Waals surface area contributed by atoms with Gasteiger partial charge in [-0.05, 0) is 18.6 Å². The molecule has 2 fully saturated rings.